The van der Waals surface area contributed by atoms with Gasteiger partial charge < -0.3 is 21.1 Å². The molecule has 0 bridgehead atoms. The molecule has 1 aromatic heterocycles. The first-order valence-corrected chi connectivity index (χ1v) is 8.09. The third-order valence-corrected chi connectivity index (χ3v) is 3.93. The van der Waals surface area contributed by atoms with Crippen LogP contribution in [-0.2, 0) is 4.79 Å². The molecule has 9 nitrogen and oxygen atoms in total. The highest BCUT2D eigenvalue weighted by Crippen LogP contribution is 2.30. The number of nitrogens with two attached hydrogens (primary N) is 1. The molecule has 0 unspecified atom stereocenters. The number of halogens is 2. The molecule has 0 aliphatic rings. The minimum atomic E-state index is -0.822. The molecule has 132 valence electrons. The summed E-state index contributed by atoms with van der Waals surface area (Å²) in [5.41, 5.74) is 5.23. The van der Waals surface area contributed by atoms with Gasteiger partial charge in [0, 0.05) is 13.0 Å². The zero-order valence-electron chi connectivity index (χ0n) is 12.6. The molecule has 1 aromatic carbocycles. The predicted molar refractivity (Wildman–Crippen MR) is 93.5 cm³/mol. The number of primary amides is 1. The van der Waals surface area contributed by atoms with Gasteiger partial charge in [-0.05, 0) is 28.1 Å². The summed E-state index contributed by atoms with van der Waals surface area (Å²) >= 11 is 9.13. The maximum Gasteiger partial charge on any atom is 0.414 e. The molecule has 0 atom stereocenters. The maximum atomic E-state index is 12.2. The van der Waals surface area contributed by atoms with Gasteiger partial charge in [-0.2, -0.15) is 0 Å². The summed E-state index contributed by atoms with van der Waals surface area (Å²) in [5.74, 6) is -0.922. The van der Waals surface area contributed by atoms with E-state index < -0.39 is 17.9 Å². The van der Waals surface area contributed by atoms with E-state index in [-0.39, 0.29) is 34.7 Å². The first kappa shape index (κ1) is 18.7. The van der Waals surface area contributed by atoms with Crippen molar-refractivity contribution in [2.45, 2.75) is 6.42 Å². The van der Waals surface area contributed by atoms with Crippen LogP contribution in [0.1, 0.15) is 16.8 Å². The Morgan fingerprint density at radius 2 is 2.04 bits per heavy atom. The van der Waals surface area contributed by atoms with E-state index in [1.54, 1.807) is 24.3 Å². The van der Waals surface area contributed by atoms with Crippen LogP contribution in [0.15, 0.2) is 28.7 Å². The summed E-state index contributed by atoms with van der Waals surface area (Å²) in [5, 5.41) is 11.5. The van der Waals surface area contributed by atoms with Crippen molar-refractivity contribution in [3.8, 4) is 5.88 Å². The molecule has 1 heterocycles. The molecule has 0 aliphatic heterocycles. The number of amides is 3. The van der Waals surface area contributed by atoms with Gasteiger partial charge in [0.05, 0.1) is 10.6 Å². The van der Waals surface area contributed by atoms with Gasteiger partial charge in [0.25, 0.3) is 11.8 Å². The maximum absolute atomic E-state index is 12.2. The summed E-state index contributed by atoms with van der Waals surface area (Å²) in [6, 6.07) is 6.52. The molecule has 2 aromatic rings. The molecule has 0 fully saturated rings. The van der Waals surface area contributed by atoms with E-state index in [0.717, 1.165) is 0 Å². The smallest absolute Gasteiger partial charge is 0.388 e. The third-order valence-electron chi connectivity index (χ3n) is 2.86. The summed E-state index contributed by atoms with van der Waals surface area (Å²) in [6.45, 7) is 0.0340. The number of rotatable bonds is 6. The van der Waals surface area contributed by atoms with Crippen molar-refractivity contribution in [2.24, 2.45) is 5.73 Å². The van der Waals surface area contributed by atoms with Crippen LogP contribution in [0.25, 0.3) is 0 Å². The summed E-state index contributed by atoms with van der Waals surface area (Å²) in [6.07, 6.45) is -0.840. The van der Waals surface area contributed by atoms with Gasteiger partial charge >= 0.3 is 6.09 Å². The second kappa shape index (κ2) is 8.49. The number of hydrogen-bond acceptors (Lipinski definition) is 5. The fourth-order valence-corrected chi connectivity index (χ4v) is 2.28. The SMILES string of the molecule is NC(=O)CCNC(=O)Oc1n[nH]c(NC(=O)c2ccccc2Cl)c1Br. The molecular formula is C14H13BrClN5O4. The van der Waals surface area contributed by atoms with Crippen LogP contribution in [-0.4, -0.2) is 34.6 Å². The van der Waals surface area contributed by atoms with Crippen LogP contribution < -0.4 is 21.1 Å². The van der Waals surface area contributed by atoms with Gasteiger partial charge in [0.15, 0.2) is 0 Å². The Balaban J connectivity index is 1.98. The van der Waals surface area contributed by atoms with Crippen molar-refractivity contribution in [2.75, 3.05) is 11.9 Å². The summed E-state index contributed by atoms with van der Waals surface area (Å²) in [4.78, 5) is 34.4. The van der Waals surface area contributed by atoms with Crippen molar-refractivity contribution in [3.63, 3.8) is 0 Å². The number of aromatic nitrogens is 2. The Hall–Kier alpha value is -2.59. The molecule has 3 amide bonds. The van der Waals surface area contributed by atoms with Gasteiger partial charge in [0.1, 0.15) is 10.3 Å². The molecular weight excluding hydrogens is 418 g/mol. The fourth-order valence-electron chi connectivity index (χ4n) is 1.70. The minimum absolute atomic E-state index is 0.0179. The average molecular weight is 431 g/mol. The molecule has 0 saturated carbocycles. The van der Waals surface area contributed by atoms with Crippen molar-refractivity contribution in [1.29, 1.82) is 0 Å². The predicted octanol–water partition coefficient (Wildman–Crippen LogP) is 2.04. The largest absolute Gasteiger partial charge is 0.414 e. The Kier molecular flexibility index (Phi) is 6.37. The number of carbonyl (C=O) groups is 3. The van der Waals surface area contributed by atoms with E-state index in [1.807, 2.05) is 0 Å². The summed E-state index contributed by atoms with van der Waals surface area (Å²) < 4.78 is 5.18. The van der Waals surface area contributed by atoms with Gasteiger partial charge in [-0.3, -0.25) is 14.7 Å². The first-order chi connectivity index (χ1) is 11.9. The fraction of sp³-hybridized carbons (Fsp3) is 0.143. The molecule has 0 saturated heterocycles. The number of nitrogens with zero attached hydrogens (tertiary/aromatic N) is 1. The van der Waals surface area contributed by atoms with E-state index in [4.69, 9.17) is 22.1 Å². The molecule has 25 heavy (non-hydrogen) atoms. The Bertz CT molecular complexity index is 810. The quantitative estimate of drug-likeness (QED) is 0.555. The van der Waals surface area contributed by atoms with Crippen LogP contribution in [0.3, 0.4) is 0 Å². The van der Waals surface area contributed by atoms with Crippen LogP contribution in [0, 0.1) is 0 Å². The molecule has 5 N–H and O–H groups in total. The van der Waals surface area contributed by atoms with Gasteiger partial charge in [-0.1, -0.05) is 23.7 Å². The standard InChI is InChI=1S/C14H13BrClN5O4/c15-10-11(19-12(23)7-3-1-2-4-8(7)16)20-21-13(10)25-14(24)18-6-5-9(17)22/h1-4H,5-6H2,(H2,17,22)(H,18,24)(H2,19,20,21,23). The van der Waals surface area contributed by atoms with Crippen molar-refractivity contribution >= 4 is 51.3 Å². The van der Waals surface area contributed by atoms with E-state index in [0.29, 0.717) is 5.02 Å². The molecule has 2 rings (SSSR count). The number of nitrogens with one attached hydrogen (secondary N) is 3. The van der Waals surface area contributed by atoms with Crippen LogP contribution in [0.5, 0.6) is 5.88 Å². The van der Waals surface area contributed by atoms with Crippen molar-refractivity contribution in [3.05, 3.63) is 39.3 Å². The van der Waals surface area contributed by atoms with E-state index in [2.05, 4.69) is 36.8 Å². The third kappa shape index (κ3) is 5.19. The number of aromatic amines is 1. The van der Waals surface area contributed by atoms with Gasteiger partial charge in [-0.15, -0.1) is 5.10 Å². The second-order valence-corrected chi connectivity index (χ2v) is 5.88. The van der Waals surface area contributed by atoms with Crippen LogP contribution >= 0.6 is 27.5 Å². The highest BCUT2D eigenvalue weighted by molar-refractivity contribution is 9.10. The van der Waals surface area contributed by atoms with Crippen molar-refractivity contribution in [1.82, 2.24) is 15.5 Å². The second-order valence-electron chi connectivity index (χ2n) is 4.68. The lowest BCUT2D eigenvalue weighted by Gasteiger charge is -2.05. The van der Waals surface area contributed by atoms with Gasteiger partial charge in [-0.25, -0.2) is 4.79 Å². The Labute approximate surface area is 155 Å². The number of carbonyl (C=O) groups excluding carboxylic acids is 3. The molecule has 0 spiro atoms. The Morgan fingerprint density at radius 1 is 1.32 bits per heavy atom. The highest BCUT2D eigenvalue weighted by Gasteiger charge is 2.18. The van der Waals surface area contributed by atoms with Crippen LogP contribution in [0.2, 0.25) is 5.02 Å². The average Bonchev–Trinajstić information content (AvgIpc) is 2.88. The lowest BCUT2D eigenvalue weighted by molar-refractivity contribution is -0.117. The number of ether oxygens (including phenoxy) is 1. The first-order valence-electron chi connectivity index (χ1n) is 6.92. The molecule has 0 aliphatic carbocycles. The van der Waals surface area contributed by atoms with Crippen LogP contribution in [0.4, 0.5) is 10.6 Å². The zero-order valence-corrected chi connectivity index (χ0v) is 15.0. The number of H-pyrrole nitrogens is 1. The van der Waals surface area contributed by atoms with E-state index in [1.165, 1.54) is 0 Å². The van der Waals surface area contributed by atoms with E-state index in [9.17, 15) is 14.4 Å². The zero-order chi connectivity index (χ0) is 18.4. The lowest BCUT2D eigenvalue weighted by atomic mass is 10.2. The molecule has 0 radical (unpaired) electrons. The minimum Gasteiger partial charge on any atom is -0.388 e. The van der Waals surface area contributed by atoms with Crippen molar-refractivity contribution < 1.29 is 19.1 Å². The number of benzene rings is 1. The monoisotopic (exact) mass is 429 g/mol. The summed E-state index contributed by atoms with van der Waals surface area (Å²) in [7, 11) is 0. The van der Waals surface area contributed by atoms with E-state index >= 15 is 0 Å². The lowest BCUT2D eigenvalue weighted by Crippen LogP contribution is -2.30. The number of anilines is 1. The highest BCUT2D eigenvalue weighted by atomic mass is 79.9. The van der Waals surface area contributed by atoms with Gasteiger partial charge in [0.2, 0.25) is 5.91 Å². The number of hydrogen-bond donors (Lipinski definition) is 4. The Morgan fingerprint density at radius 3 is 2.72 bits per heavy atom. The topological polar surface area (TPSA) is 139 Å². The normalized spacial score (nSPS) is 10.2. The molecule has 11 heteroatoms.